The number of nitrogens with zero attached hydrogens (tertiary/aromatic N) is 1. The second kappa shape index (κ2) is 8.77. The van der Waals surface area contributed by atoms with E-state index >= 15 is 0 Å². The lowest BCUT2D eigenvalue weighted by Gasteiger charge is -2.26. The van der Waals surface area contributed by atoms with E-state index in [2.05, 4.69) is 32.3 Å². The van der Waals surface area contributed by atoms with Crippen molar-refractivity contribution in [1.29, 1.82) is 0 Å². The van der Waals surface area contributed by atoms with Crippen molar-refractivity contribution < 1.29 is 0 Å². The van der Waals surface area contributed by atoms with Gasteiger partial charge in [0.15, 0.2) is 0 Å². The molecule has 0 bridgehead atoms. The Bertz CT molecular complexity index is 176. The van der Waals surface area contributed by atoms with Crippen molar-refractivity contribution in [2.45, 2.75) is 46.5 Å². The normalized spacial score (nSPS) is 12.1. The van der Waals surface area contributed by atoms with Gasteiger partial charge in [-0.1, -0.05) is 26.8 Å². The highest BCUT2D eigenvalue weighted by Crippen LogP contribution is 2.25. The van der Waals surface area contributed by atoms with Crippen LogP contribution in [0.5, 0.6) is 0 Å². The van der Waals surface area contributed by atoms with Gasteiger partial charge in [-0.05, 0) is 50.7 Å². The Morgan fingerprint density at radius 3 is 2.44 bits per heavy atom. The molecular formula is C14H30N2. The summed E-state index contributed by atoms with van der Waals surface area (Å²) in [5.74, 6) is 0. The Morgan fingerprint density at radius 1 is 1.25 bits per heavy atom. The van der Waals surface area contributed by atoms with E-state index in [9.17, 15) is 0 Å². The maximum atomic E-state index is 5.62. The van der Waals surface area contributed by atoms with Gasteiger partial charge in [0.2, 0.25) is 0 Å². The molecule has 0 amide bonds. The topological polar surface area (TPSA) is 29.3 Å². The van der Waals surface area contributed by atoms with E-state index in [1.165, 1.54) is 32.4 Å². The molecule has 0 fully saturated rings. The fourth-order valence-electron chi connectivity index (χ4n) is 2.09. The highest BCUT2D eigenvalue weighted by Gasteiger charge is 2.16. The first-order valence-corrected chi connectivity index (χ1v) is 6.59. The van der Waals surface area contributed by atoms with Crippen molar-refractivity contribution in [1.82, 2.24) is 4.90 Å². The number of nitrogens with two attached hydrogens (primary N) is 1. The molecule has 0 radical (unpaired) electrons. The van der Waals surface area contributed by atoms with Gasteiger partial charge in [0.05, 0.1) is 0 Å². The van der Waals surface area contributed by atoms with E-state index in [1.54, 1.807) is 0 Å². The standard InChI is InChI=1S/C14H30N2/c1-5-11-16(12-6-2)13-7-8-14(3,4)9-10-15/h5H,1,6-13,15H2,2-4H3. The van der Waals surface area contributed by atoms with Crippen molar-refractivity contribution in [3.8, 4) is 0 Å². The lowest BCUT2D eigenvalue weighted by atomic mass is 9.84. The quantitative estimate of drug-likeness (QED) is 0.580. The van der Waals surface area contributed by atoms with E-state index in [1.807, 2.05) is 6.08 Å². The summed E-state index contributed by atoms with van der Waals surface area (Å²) < 4.78 is 0. The van der Waals surface area contributed by atoms with Crippen LogP contribution in [-0.4, -0.2) is 31.1 Å². The summed E-state index contributed by atoms with van der Waals surface area (Å²) in [6.07, 6.45) is 6.88. The van der Waals surface area contributed by atoms with Gasteiger partial charge in [0.1, 0.15) is 0 Å². The predicted molar refractivity (Wildman–Crippen MR) is 73.6 cm³/mol. The predicted octanol–water partition coefficient (Wildman–Crippen LogP) is 3.04. The van der Waals surface area contributed by atoms with Crippen LogP contribution in [0.3, 0.4) is 0 Å². The minimum atomic E-state index is 0.404. The molecule has 0 heterocycles. The first-order chi connectivity index (χ1) is 7.55. The highest BCUT2D eigenvalue weighted by atomic mass is 15.1. The maximum Gasteiger partial charge on any atom is 0.0160 e. The molecule has 0 aliphatic heterocycles. The molecular weight excluding hydrogens is 196 g/mol. The zero-order valence-electron chi connectivity index (χ0n) is 11.5. The molecule has 0 aromatic carbocycles. The van der Waals surface area contributed by atoms with E-state index in [-0.39, 0.29) is 0 Å². The summed E-state index contributed by atoms with van der Waals surface area (Å²) in [5.41, 5.74) is 6.02. The summed E-state index contributed by atoms with van der Waals surface area (Å²) in [7, 11) is 0. The summed E-state index contributed by atoms with van der Waals surface area (Å²) in [4.78, 5) is 2.48. The van der Waals surface area contributed by atoms with Gasteiger partial charge in [-0.3, -0.25) is 4.90 Å². The van der Waals surface area contributed by atoms with Gasteiger partial charge in [0, 0.05) is 6.54 Å². The molecule has 2 heteroatoms. The monoisotopic (exact) mass is 226 g/mol. The van der Waals surface area contributed by atoms with Crippen molar-refractivity contribution in [3.63, 3.8) is 0 Å². The summed E-state index contributed by atoms with van der Waals surface area (Å²) in [6.45, 7) is 14.9. The fourth-order valence-corrected chi connectivity index (χ4v) is 2.09. The van der Waals surface area contributed by atoms with E-state index < -0.39 is 0 Å². The van der Waals surface area contributed by atoms with E-state index in [0.29, 0.717) is 5.41 Å². The number of hydrogen-bond acceptors (Lipinski definition) is 2. The van der Waals surface area contributed by atoms with Crippen molar-refractivity contribution in [3.05, 3.63) is 12.7 Å². The molecule has 2 N–H and O–H groups in total. The van der Waals surface area contributed by atoms with Gasteiger partial charge in [0.25, 0.3) is 0 Å². The molecule has 16 heavy (non-hydrogen) atoms. The van der Waals surface area contributed by atoms with Gasteiger partial charge in [-0.15, -0.1) is 6.58 Å². The Morgan fingerprint density at radius 2 is 1.94 bits per heavy atom. The molecule has 0 unspecified atom stereocenters. The molecule has 0 saturated carbocycles. The summed E-state index contributed by atoms with van der Waals surface area (Å²) >= 11 is 0. The molecule has 0 atom stereocenters. The Hall–Kier alpha value is -0.340. The smallest absolute Gasteiger partial charge is 0.0160 e. The van der Waals surface area contributed by atoms with Gasteiger partial charge >= 0.3 is 0 Å². The Labute approximate surface area is 102 Å². The third kappa shape index (κ3) is 7.89. The van der Waals surface area contributed by atoms with Crippen LogP contribution in [-0.2, 0) is 0 Å². The molecule has 0 aromatic heterocycles. The largest absolute Gasteiger partial charge is 0.330 e. The number of rotatable bonds is 10. The van der Waals surface area contributed by atoms with Crippen LogP contribution >= 0.6 is 0 Å². The summed E-state index contributed by atoms with van der Waals surface area (Å²) in [6, 6.07) is 0. The van der Waals surface area contributed by atoms with Gasteiger partial charge in [-0.25, -0.2) is 0 Å². The van der Waals surface area contributed by atoms with Crippen LogP contribution in [0.25, 0.3) is 0 Å². The highest BCUT2D eigenvalue weighted by molar-refractivity contribution is 4.75. The van der Waals surface area contributed by atoms with Crippen molar-refractivity contribution in [2.75, 3.05) is 26.2 Å². The molecule has 0 aliphatic carbocycles. The first-order valence-electron chi connectivity index (χ1n) is 6.59. The van der Waals surface area contributed by atoms with Crippen LogP contribution in [0.4, 0.5) is 0 Å². The van der Waals surface area contributed by atoms with Crippen LogP contribution in [0.2, 0.25) is 0 Å². The molecule has 2 nitrogen and oxygen atoms in total. The second-order valence-corrected chi connectivity index (χ2v) is 5.40. The zero-order valence-corrected chi connectivity index (χ0v) is 11.5. The maximum absolute atomic E-state index is 5.62. The average molecular weight is 226 g/mol. The van der Waals surface area contributed by atoms with Crippen molar-refractivity contribution >= 4 is 0 Å². The molecule has 0 saturated heterocycles. The lowest BCUT2D eigenvalue weighted by Crippen LogP contribution is -2.27. The van der Waals surface area contributed by atoms with Gasteiger partial charge < -0.3 is 5.73 Å². The molecule has 0 rings (SSSR count). The minimum Gasteiger partial charge on any atom is -0.330 e. The first kappa shape index (κ1) is 15.7. The molecule has 0 aromatic rings. The van der Waals surface area contributed by atoms with Crippen LogP contribution < -0.4 is 5.73 Å². The zero-order chi connectivity index (χ0) is 12.4. The van der Waals surface area contributed by atoms with Crippen LogP contribution in [0, 0.1) is 5.41 Å². The van der Waals surface area contributed by atoms with Crippen LogP contribution in [0.15, 0.2) is 12.7 Å². The third-order valence-corrected chi connectivity index (χ3v) is 3.08. The van der Waals surface area contributed by atoms with E-state index in [0.717, 1.165) is 19.5 Å². The molecule has 0 spiro atoms. The third-order valence-electron chi connectivity index (χ3n) is 3.08. The molecule has 96 valence electrons. The number of hydrogen-bond donors (Lipinski definition) is 1. The van der Waals surface area contributed by atoms with Crippen LogP contribution in [0.1, 0.15) is 46.5 Å². The minimum absolute atomic E-state index is 0.404. The van der Waals surface area contributed by atoms with E-state index in [4.69, 9.17) is 5.73 Å². The molecule has 0 aliphatic rings. The second-order valence-electron chi connectivity index (χ2n) is 5.40. The fraction of sp³-hybridized carbons (Fsp3) is 0.857. The van der Waals surface area contributed by atoms with Crippen molar-refractivity contribution in [2.24, 2.45) is 11.1 Å². The lowest BCUT2D eigenvalue weighted by molar-refractivity contribution is 0.250. The average Bonchev–Trinajstić information content (AvgIpc) is 2.18. The summed E-state index contributed by atoms with van der Waals surface area (Å²) in [5, 5.41) is 0. The Kier molecular flexibility index (Phi) is 8.58. The SMILES string of the molecule is C=CCN(CCC)CCCC(C)(C)CCN. The van der Waals surface area contributed by atoms with Gasteiger partial charge in [-0.2, -0.15) is 0 Å². The Balaban J connectivity index is 3.79.